The van der Waals surface area contributed by atoms with Gasteiger partial charge in [0.25, 0.3) is 0 Å². The fourth-order valence-electron chi connectivity index (χ4n) is 3.57. The summed E-state index contributed by atoms with van der Waals surface area (Å²) in [6.07, 6.45) is 0. The Labute approximate surface area is 195 Å². The lowest BCUT2D eigenvalue weighted by Gasteiger charge is -2.35. The van der Waals surface area contributed by atoms with Crippen LogP contribution in [-0.4, -0.2) is 65.7 Å². The van der Waals surface area contributed by atoms with Crippen molar-refractivity contribution in [3.63, 3.8) is 0 Å². The third-order valence-electron chi connectivity index (χ3n) is 5.57. The Hall–Kier alpha value is -2.82. The van der Waals surface area contributed by atoms with Crippen LogP contribution in [0.25, 0.3) is 11.4 Å². The first kappa shape index (κ1) is 23.3. The van der Waals surface area contributed by atoms with Crippen molar-refractivity contribution in [1.29, 1.82) is 0 Å². The third kappa shape index (κ3) is 5.23. The molecule has 0 aliphatic carbocycles. The molecule has 1 amide bonds. The molecule has 11 heteroatoms. The Morgan fingerprint density at radius 1 is 1.09 bits per heavy atom. The molecule has 3 aromatic rings. The van der Waals surface area contributed by atoms with Crippen molar-refractivity contribution >= 4 is 27.3 Å². The standard InChI is InChI=1S/C22H22ClFN4O4S/c1-15(33(30,31)19-8-6-18(24)7-9-19)22(29)28-12-10-27(11-13-28)14-20-25-21(26-32-20)16-2-4-17(23)5-3-16/h2-9,15H,10-14H2,1H3. The second-order valence-corrected chi connectivity index (χ2v) is 10.5. The highest BCUT2D eigenvalue weighted by atomic mass is 35.5. The van der Waals surface area contributed by atoms with Gasteiger partial charge in [-0.2, -0.15) is 4.98 Å². The largest absolute Gasteiger partial charge is 0.339 e. The molecular formula is C22H22ClFN4O4S. The lowest BCUT2D eigenvalue weighted by molar-refractivity contribution is -0.132. The molecule has 1 atom stereocenters. The van der Waals surface area contributed by atoms with Crippen LogP contribution in [0.2, 0.25) is 5.02 Å². The highest BCUT2D eigenvalue weighted by Crippen LogP contribution is 2.21. The Balaban J connectivity index is 1.33. The summed E-state index contributed by atoms with van der Waals surface area (Å²) >= 11 is 5.90. The van der Waals surface area contributed by atoms with Gasteiger partial charge in [0.15, 0.2) is 9.84 Å². The minimum absolute atomic E-state index is 0.0729. The summed E-state index contributed by atoms with van der Waals surface area (Å²) in [4.78, 5) is 20.8. The molecule has 0 N–H and O–H groups in total. The molecule has 8 nitrogen and oxygen atoms in total. The van der Waals surface area contributed by atoms with Crippen LogP contribution in [0.1, 0.15) is 12.8 Å². The minimum atomic E-state index is -3.91. The quantitative estimate of drug-likeness (QED) is 0.488. The van der Waals surface area contributed by atoms with E-state index in [1.807, 2.05) is 12.1 Å². The van der Waals surface area contributed by atoms with Gasteiger partial charge in [-0.25, -0.2) is 12.8 Å². The lowest BCUT2D eigenvalue weighted by atomic mass is 10.2. The maximum absolute atomic E-state index is 13.1. The van der Waals surface area contributed by atoms with Crippen molar-refractivity contribution in [2.24, 2.45) is 0 Å². The van der Waals surface area contributed by atoms with Gasteiger partial charge in [-0.15, -0.1) is 0 Å². The van der Waals surface area contributed by atoms with E-state index in [-0.39, 0.29) is 4.90 Å². The molecule has 33 heavy (non-hydrogen) atoms. The molecule has 1 aliphatic rings. The van der Waals surface area contributed by atoms with Gasteiger partial charge in [-0.3, -0.25) is 9.69 Å². The van der Waals surface area contributed by atoms with E-state index in [0.717, 1.165) is 17.7 Å². The van der Waals surface area contributed by atoms with Crippen LogP contribution in [0.5, 0.6) is 0 Å². The monoisotopic (exact) mass is 492 g/mol. The average Bonchev–Trinajstić information content (AvgIpc) is 3.28. The van der Waals surface area contributed by atoms with E-state index < -0.39 is 26.8 Å². The number of nitrogens with zero attached hydrogens (tertiary/aromatic N) is 4. The topological polar surface area (TPSA) is 96.6 Å². The number of benzene rings is 2. The fraction of sp³-hybridized carbons (Fsp3) is 0.318. The summed E-state index contributed by atoms with van der Waals surface area (Å²) in [6.45, 7) is 3.61. The highest BCUT2D eigenvalue weighted by Gasteiger charge is 2.34. The van der Waals surface area contributed by atoms with Crippen LogP contribution in [0.15, 0.2) is 57.9 Å². The summed E-state index contributed by atoms with van der Waals surface area (Å²) in [6, 6.07) is 11.6. The molecule has 0 radical (unpaired) electrons. The molecule has 1 fully saturated rings. The van der Waals surface area contributed by atoms with Crippen molar-refractivity contribution in [3.05, 3.63) is 65.3 Å². The van der Waals surface area contributed by atoms with E-state index in [2.05, 4.69) is 15.0 Å². The Kier molecular flexibility index (Phi) is 6.78. The van der Waals surface area contributed by atoms with Crippen molar-refractivity contribution in [2.45, 2.75) is 23.6 Å². The van der Waals surface area contributed by atoms with Crippen molar-refractivity contribution in [2.75, 3.05) is 26.2 Å². The van der Waals surface area contributed by atoms with Crippen LogP contribution in [0.3, 0.4) is 0 Å². The third-order valence-corrected chi connectivity index (χ3v) is 7.88. The smallest absolute Gasteiger partial charge is 0.241 e. The van der Waals surface area contributed by atoms with E-state index in [4.69, 9.17) is 16.1 Å². The number of hydrogen-bond acceptors (Lipinski definition) is 7. The van der Waals surface area contributed by atoms with Crippen LogP contribution in [-0.2, 0) is 21.2 Å². The average molecular weight is 493 g/mol. The highest BCUT2D eigenvalue weighted by molar-refractivity contribution is 7.92. The normalized spacial score (nSPS) is 16.0. The van der Waals surface area contributed by atoms with Crippen LogP contribution in [0.4, 0.5) is 4.39 Å². The summed E-state index contributed by atoms with van der Waals surface area (Å²) in [5, 5.41) is 3.36. The number of halogens is 2. The molecule has 4 rings (SSSR count). The van der Waals surface area contributed by atoms with Crippen LogP contribution < -0.4 is 0 Å². The molecule has 2 heterocycles. The number of hydrogen-bond donors (Lipinski definition) is 0. The maximum atomic E-state index is 13.1. The number of rotatable bonds is 6. The summed E-state index contributed by atoms with van der Waals surface area (Å²) in [5.74, 6) is -0.0883. The maximum Gasteiger partial charge on any atom is 0.241 e. The minimum Gasteiger partial charge on any atom is -0.339 e. The molecule has 1 saturated heterocycles. The van der Waals surface area contributed by atoms with Crippen LogP contribution >= 0.6 is 11.6 Å². The number of carbonyl (C=O) groups is 1. The lowest BCUT2D eigenvalue weighted by Crippen LogP contribution is -2.51. The molecule has 1 unspecified atom stereocenters. The van der Waals surface area contributed by atoms with E-state index in [1.165, 1.54) is 24.0 Å². The van der Waals surface area contributed by atoms with Crippen molar-refractivity contribution < 1.29 is 22.1 Å². The number of aromatic nitrogens is 2. The van der Waals surface area contributed by atoms with Crippen LogP contribution in [0, 0.1) is 5.82 Å². The van der Waals surface area contributed by atoms with E-state index in [9.17, 15) is 17.6 Å². The van der Waals surface area contributed by atoms with Crippen molar-refractivity contribution in [1.82, 2.24) is 19.9 Å². The van der Waals surface area contributed by atoms with Gasteiger partial charge in [0.1, 0.15) is 11.1 Å². The second-order valence-electron chi connectivity index (χ2n) is 7.76. The first-order valence-electron chi connectivity index (χ1n) is 10.3. The first-order chi connectivity index (χ1) is 15.7. The number of carbonyl (C=O) groups excluding carboxylic acids is 1. The number of amides is 1. The fourth-order valence-corrected chi connectivity index (χ4v) is 5.04. The van der Waals surface area contributed by atoms with Gasteiger partial charge in [0.2, 0.25) is 17.6 Å². The molecular weight excluding hydrogens is 471 g/mol. The SMILES string of the molecule is CC(C(=O)N1CCN(Cc2nc(-c3ccc(Cl)cc3)no2)CC1)S(=O)(=O)c1ccc(F)cc1. The molecule has 0 bridgehead atoms. The molecule has 174 valence electrons. The Morgan fingerprint density at radius 2 is 1.73 bits per heavy atom. The van der Waals surface area contributed by atoms with Gasteiger partial charge in [-0.1, -0.05) is 16.8 Å². The molecule has 0 saturated carbocycles. The van der Waals surface area contributed by atoms with E-state index >= 15 is 0 Å². The van der Waals surface area contributed by atoms with Crippen molar-refractivity contribution in [3.8, 4) is 11.4 Å². The first-order valence-corrected chi connectivity index (χ1v) is 12.3. The predicted octanol–water partition coefficient (Wildman–Crippen LogP) is 3.04. The second kappa shape index (κ2) is 9.58. The number of sulfone groups is 1. The van der Waals surface area contributed by atoms with Gasteiger partial charge in [0.05, 0.1) is 11.4 Å². The zero-order valence-electron chi connectivity index (χ0n) is 17.8. The van der Waals surface area contributed by atoms with Gasteiger partial charge >= 0.3 is 0 Å². The Morgan fingerprint density at radius 3 is 2.36 bits per heavy atom. The van der Waals surface area contributed by atoms with E-state index in [1.54, 1.807) is 12.1 Å². The zero-order valence-corrected chi connectivity index (χ0v) is 19.4. The van der Waals surface area contributed by atoms with Gasteiger partial charge < -0.3 is 9.42 Å². The van der Waals surface area contributed by atoms with Gasteiger partial charge in [-0.05, 0) is 55.5 Å². The van der Waals surface area contributed by atoms with E-state index in [0.29, 0.717) is 49.5 Å². The molecule has 1 aromatic heterocycles. The Bertz CT molecular complexity index is 1220. The zero-order chi connectivity index (χ0) is 23.6. The molecule has 1 aliphatic heterocycles. The predicted molar refractivity (Wildman–Crippen MR) is 120 cm³/mol. The summed E-state index contributed by atoms with van der Waals surface area (Å²) in [5.41, 5.74) is 0.793. The summed E-state index contributed by atoms with van der Waals surface area (Å²) < 4.78 is 44.0. The summed E-state index contributed by atoms with van der Waals surface area (Å²) in [7, 11) is -3.91. The van der Waals surface area contributed by atoms with Gasteiger partial charge in [0, 0.05) is 36.8 Å². The molecule has 2 aromatic carbocycles. The number of piperazine rings is 1. The molecule has 0 spiro atoms.